The van der Waals surface area contributed by atoms with Gasteiger partial charge in [-0.2, -0.15) is 0 Å². The van der Waals surface area contributed by atoms with Gasteiger partial charge < -0.3 is 19.1 Å². The predicted molar refractivity (Wildman–Crippen MR) is 101 cm³/mol. The van der Waals surface area contributed by atoms with Crippen molar-refractivity contribution in [3.8, 4) is 11.5 Å². The molecule has 3 rings (SSSR count). The van der Waals surface area contributed by atoms with Crippen LogP contribution in [0.1, 0.15) is 18.1 Å². The molecule has 0 saturated heterocycles. The molecule has 0 spiro atoms. The average Bonchev–Trinajstić information content (AvgIpc) is 2.69. The Morgan fingerprint density at radius 3 is 2.63 bits per heavy atom. The van der Waals surface area contributed by atoms with Crippen molar-refractivity contribution in [1.29, 1.82) is 0 Å². The van der Waals surface area contributed by atoms with Crippen molar-refractivity contribution >= 4 is 17.6 Å². The molecule has 2 atom stereocenters. The minimum atomic E-state index is -0.873. The fourth-order valence-electron chi connectivity index (χ4n) is 3.01. The topological polar surface area (TPSA) is 65.1 Å². The second-order valence-corrected chi connectivity index (χ2v) is 6.50. The molecule has 1 aliphatic rings. The Morgan fingerprint density at radius 1 is 1.15 bits per heavy atom. The number of ether oxygens (including phenoxy) is 3. The molecule has 6 nitrogen and oxygen atoms in total. The van der Waals surface area contributed by atoms with Gasteiger partial charge in [0.05, 0.1) is 19.3 Å². The van der Waals surface area contributed by atoms with Crippen molar-refractivity contribution in [2.45, 2.75) is 33.0 Å². The minimum absolute atomic E-state index is 0.0724. The van der Waals surface area contributed by atoms with Crippen LogP contribution in [-0.4, -0.2) is 37.7 Å². The lowest BCUT2D eigenvalue weighted by atomic mass is 10.1. The van der Waals surface area contributed by atoms with Gasteiger partial charge in [0.2, 0.25) is 6.10 Å². The summed E-state index contributed by atoms with van der Waals surface area (Å²) < 4.78 is 16.4. The summed E-state index contributed by atoms with van der Waals surface area (Å²) in [4.78, 5) is 26.6. The number of nitrogens with zero attached hydrogens (tertiary/aromatic N) is 1. The smallest absolute Gasteiger partial charge is 0.348 e. The predicted octanol–water partition coefficient (Wildman–Crippen LogP) is 3.04. The zero-order chi connectivity index (χ0) is 19.6. The van der Waals surface area contributed by atoms with E-state index in [4.69, 9.17) is 14.2 Å². The number of esters is 1. The van der Waals surface area contributed by atoms with Crippen LogP contribution in [0.5, 0.6) is 11.5 Å². The monoisotopic (exact) mass is 369 g/mol. The van der Waals surface area contributed by atoms with Gasteiger partial charge in [-0.25, -0.2) is 4.79 Å². The van der Waals surface area contributed by atoms with E-state index >= 15 is 0 Å². The third-order valence-corrected chi connectivity index (χ3v) is 4.71. The van der Waals surface area contributed by atoms with Crippen molar-refractivity contribution in [3.05, 3.63) is 53.6 Å². The van der Waals surface area contributed by atoms with Crippen molar-refractivity contribution in [1.82, 2.24) is 0 Å². The van der Waals surface area contributed by atoms with Crippen molar-refractivity contribution in [2.24, 2.45) is 0 Å². The van der Waals surface area contributed by atoms with Gasteiger partial charge in [-0.05, 0) is 50.1 Å². The first-order chi connectivity index (χ1) is 12.9. The van der Waals surface area contributed by atoms with Crippen LogP contribution in [0.3, 0.4) is 0 Å². The van der Waals surface area contributed by atoms with Gasteiger partial charge in [-0.15, -0.1) is 0 Å². The Labute approximate surface area is 158 Å². The van der Waals surface area contributed by atoms with Crippen LogP contribution in [0.4, 0.5) is 5.69 Å². The molecule has 6 heteroatoms. The molecule has 0 aliphatic carbocycles. The van der Waals surface area contributed by atoms with Gasteiger partial charge >= 0.3 is 5.97 Å². The number of aryl methyl sites for hydroxylation is 1. The third-order valence-electron chi connectivity index (χ3n) is 4.71. The van der Waals surface area contributed by atoms with Crippen LogP contribution in [-0.2, 0) is 14.3 Å². The number of rotatable bonds is 4. The second kappa shape index (κ2) is 7.70. The molecule has 0 bridgehead atoms. The summed E-state index contributed by atoms with van der Waals surface area (Å²) in [5, 5.41) is 0. The van der Waals surface area contributed by atoms with E-state index in [1.54, 1.807) is 25.1 Å². The molecule has 1 amide bonds. The highest BCUT2D eigenvalue weighted by Gasteiger charge is 2.36. The molecule has 1 aliphatic heterocycles. The normalized spacial score (nSPS) is 16.7. The molecule has 0 aromatic heterocycles. The van der Waals surface area contributed by atoms with Crippen LogP contribution in [0.15, 0.2) is 42.5 Å². The third kappa shape index (κ3) is 3.74. The summed E-state index contributed by atoms with van der Waals surface area (Å²) in [7, 11) is 1.30. The summed E-state index contributed by atoms with van der Waals surface area (Å²) in [5.41, 5.74) is 2.70. The number of anilines is 1. The first-order valence-corrected chi connectivity index (χ1v) is 8.80. The molecule has 27 heavy (non-hydrogen) atoms. The number of carbonyl (C=O) groups is 2. The van der Waals surface area contributed by atoms with Crippen LogP contribution < -0.4 is 14.4 Å². The number of carbonyl (C=O) groups excluding carboxylic acids is 2. The molecule has 2 aromatic rings. The summed E-state index contributed by atoms with van der Waals surface area (Å²) in [6.07, 6.45) is -1.60. The van der Waals surface area contributed by atoms with Gasteiger partial charge in [0.1, 0.15) is 11.5 Å². The number of amides is 1. The zero-order valence-corrected chi connectivity index (χ0v) is 15.9. The molecule has 0 fully saturated rings. The molecule has 0 saturated carbocycles. The Bertz CT molecular complexity index is 863. The van der Waals surface area contributed by atoms with Gasteiger partial charge in [0.15, 0.2) is 6.10 Å². The lowest BCUT2D eigenvalue weighted by Crippen LogP contribution is -2.51. The van der Waals surface area contributed by atoms with Gasteiger partial charge in [0.25, 0.3) is 5.91 Å². The SMILES string of the molecule is COC(=O)[C@@H]1CN(C(=O)[C@@H](C)Oc2cccc(C)c2C)c2ccccc2O1. The molecule has 2 aromatic carbocycles. The Kier molecular flexibility index (Phi) is 5.35. The molecule has 142 valence electrons. The molecular formula is C21H23NO5. The van der Waals surface area contributed by atoms with Crippen LogP contribution in [0.2, 0.25) is 0 Å². The zero-order valence-electron chi connectivity index (χ0n) is 15.9. The Morgan fingerprint density at radius 2 is 1.89 bits per heavy atom. The summed E-state index contributed by atoms with van der Waals surface area (Å²) in [6, 6.07) is 12.8. The number of para-hydroxylation sites is 2. The molecule has 0 unspecified atom stereocenters. The van der Waals surface area contributed by atoms with E-state index in [-0.39, 0.29) is 12.5 Å². The highest BCUT2D eigenvalue weighted by Crippen LogP contribution is 2.34. The quantitative estimate of drug-likeness (QED) is 0.775. The fraction of sp³-hybridized carbons (Fsp3) is 0.333. The van der Waals surface area contributed by atoms with Crippen molar-refractivity contribution in [2.75, 3.05) is 18.6 Å². The standard InChI is InChI=1S/C21H23NO5/c1-13-8-7-11-17(14(13)2)26-15(3)20(23)22-12-19(21(24)25-4)27-18-10-6-5-9-16(18)22/h5-11,15,19H,12H2,1-4H3/t15-,19+/m1/s1. The number of hydrogen-bond donors (Lipinski definition) is 0. The van der Waals surface area contributed by atoms with E-state index in [9.17, 15) is 9.59 Å². The second-order valence-electron chi connectivity index (χ2n) is 6.50. The lowest BCUT2D eigenvalue weighted by molar-refractivity contribution is -0.148. The number of benzene rings is 2. The van der Waals surface area contributed by atoms with Crippen LogP contribution in [0, 0.1) is 13.8 Å². The van der Waals surface area contributed by atoms with E-state index in [2.05, 4.69) is 0 Å². The lowest BCUT2D eigenvalue weighted by Gasteiger charge is -2.34. The fourth-order valence-corrected chi connectivity index (χ4v) is 3.01. The van der Waals surface area contributed by atoms with Crippen LogP contribution >= 0.6 is 0 Å². The van der Waals surface area contributed by atoms with Gasteiger partial charge in [0, 0.05) is 0 Å². The number of fused-ring (bicyclic) bond motifs is 1. The minimum Gasteiger partial charge on any atom is -0.481 e. The van der Waals surface area contributed by atoms with Crippen molar-refractivity contribution in [3.63, 3.8) is 0 Å². The molecule has 0 N–H and O–H groups in total. The maximum atomic E-state index is 13.1. The first-order valence-electron chi connectivity index (χ1n) is 8.80. The highest BCUT2D eigenvalue weighted by molar-refractivity contribution is 5.99. The maximum Gasteiger partial charge on any atom is 0.348 e. The van der Waals surface area contributed by atoms with E-state index in [0.717, 1.165) is 11.1 Å². The largest absolute Gasteiger partial charge is 0.481 e. The van der Waals surface area contributed by atoms with Crippen molar-refractivity contribution < 1.29 is 23.8 Å². The first kappa shape index (κ1) is 18.8. The van der Waals surface area contributed by atoms with E-state index in [1.807, 2.05) is 38.1 Å². The average molecular weight is 369 g/mol. The summed E-state index contributed by atoms with van der Waals surface area (Å²) in [6.45, 7) is 5.73. The summed E-state index contributed by atoms with van der Waals surface area (Å²) >= 11 is 0. The molecular weight excluding hydrogens is 346 g/mol. The van der Waals surface area contributed by atoms with E-state index in [0.29, 0.717) is 17.2 Å². The molecule has 0 radical (unpaired) electrons. The molecule has 1 heterocycles. The van der Waals surface area contributed by atoms with Gasteiger partial charge in [-0.3, -0.25) is 4.79 Å². The highest BCUT2D eigenvalue weighted by atomic mass is 16.6. The number of methoxy groups -OCH3 is 1. The van der Waals surface area contributed by atoms with Gasteiger partial charge in [-0.1, -0.05) is 24.3 Å². The Balaban J connectivity index is 1.85. The van der Waals surface area contributed by atoms with Crippen LogP contribution in [0.25, 0.3) is 0 Å². The number of hydrogen-bond acceptors (Lipinski definition) is 5. The maximum absolute atomic E-state index is 13.1. The Hall–Kier alpha value is -3.02. The van der Waals surface area contributed by atoms with E-state index in [1.165, 1.54) is 12.0 Å². The van der Waals surface area contributed by atoms with E-state index < -0.39 is 18.2 Å². The summed E-state index contributed by atoms with van der Waals surface area (Å²) in [5.74, 6) is 0.360.